The molecule has 0 unspecified atom stereocenters. The van der Waals surface area contributed by atoms with E-state index in [0.29, 0.717) is 54.9 Å². The third-order valence-electron chi connectivity index (χ3n) is 12.9. The molecule has 0 amide bonds. The molecule has 2 bridgehead atoms. The largest absolute Gasteiger partial charge is 0.459 e. The molecule has 4 N–H and O–H groups in total. The molecule has 16 heteroatoms. The first kappa shape index (κ1) is 45.7. The number of anilines is 1. The third kappa shape index (κ3) is 10.1. The number of fused-ring (bicyclic) bond motifs is 5. The summed E-state index contributed by atoms with van der Waals surface area (Å²) in [6.45, 7) is 14.4. The second-order valence-corrected chi connectivity index (χ2v) is 18.4. The lowest BCUT2D eigenvalue weighted by Gasteiger charge is -2.48. The maximum Gasteiger partial charge on any atom is 0.316 e. The molecule has 4 heterocycles. The molecule has 5 rings (SSSR count). The van der Waals surface area contributed by atoms with E-state index in [0.717, 1.165) is 5.56 Å². The van der Waals surface area contributed by atoms with Crippen LogP contribution >= 0.6 is 11.5 Å². The second-order valence-electron chi connectivity index (χ2n) is 17.6. The van der Waals surface area contributed by atoms with E-state index in [4.69, 9.17) is 24.8 Å². The van der Waals surface area contributed by atoms with Gasteiger partial charge in [0.05, 0.1) is 23.6 Å². The quantitative estimate of drug-likeness (QED) is 0.177. The molecule has 1 aliphatic carbocycles. The number of nitrogens with two attached hydrogens (primary N) is 1. The van der Waals surface area contributed by atoms with Crippen LogP contribution in [0.15, 0.2) is 23.5 Å². The average Bonchev–Trinajstić information content (AvgIpc) is 3.62. The van der Waals surface area contributed by atoms with Gasteiger partial charge in [0.15, 0.2) is 18.7 Å². The van der Waals surface area contributed by atoms with E-state index in [2.05, 4.69) is 19.5 Å². The van der Waals surface area contributed by atoms with Crippen molar-refractivity contribution in [1.29, 1.82) is 0 Å². The van der Waals surface area contributed by atoms with Gasteiger partial charge in [-0.25, -0.2) is 0 Å². The summed E-state index contributed by atoms with van der Waals surface area (Å²) in [6, 6.07) is 3.42. The lowest BCUT2D eigenvalue weighted by Crippen LogP contribution is -2.57. The van der Waals surface area contributed by atoms with Crippen molar-refractivity contribution in [1.82, 2.24) is 19.2 Å². The number of rotatable bonds is 8. The van der Waals surface area contributed by atoms with Gasteiger partial charge in [0.25, 0.3) is 0 Å². The summed E-state index contributed by atoms with van der Waals surface area (Å²) in [5, 5.41) is 29.3. The van der Waals surface area contributed by atoms with E-state index in [-0.39, 0.29) is 36.9 Å². The number of hydrogen-bond acceptors (Lipinski definition) is 16. The number of esters is 1. The number of aliphatic hydroxyl groups is 2. The van der Waals surface area contributed by atoms with Crippen LogP contribution in [0, 0.1) is 35.0 Å². The Balaban J connectivity index is 1.57. The number of ketones is 2. The fourth-order valence-electron chi connectivity index (χ4n) is 9.44. The summed E-state index contributed by atoms with van der Waals surface area (Å²) in [5.74, 6) is -4.81. The first-order valence-electron chi connectivity index (χ1n) is 20.6. The highest BCUT2D eigenvalue weighted by Crippen LogP contribution is 2.46. The maximum atomic E-state index is 14.5. The minimum atomic E-state index is -1.62. The van der Waals surface area contributed by atoms with Crippen molar-refractivity contribution in [3.8, 4) is 10.6 Å². The Bertz CT molecular complexity index is 1770. The number of cyclic esters (lactones) is 1. The normalized spacial score (nSPS) is 37.8. The van der Waals surface area contributed by atoms with E-state index in [1.165, 1.54) is 18.5 Å². The van der Waals surface area contributed by atoms with E-state index in [1.54, 1.807) is 20.0 Å². The molecule has 2 aromatic rings. The van der Waals surface area contributed by atoms with Gasteiger partial charge in [-0.15, -0.1) is 0 Å². The highest BCUT2D eigenvalue weighted by atomic mass is 32.1. The number of nitrogen functional groups attached to an aromatic ring is 1. The van der Waals surface area contributed by atoms with Crippen molar-refractivity contribution >= 4 is 40.7 Å². The molecule has 15 nitrogen and oxygen atoms in total. The van der Waals surface area contributed by atoms with Gasteiger partial charge in [-0.3, -0.25) is 19.4 Å². The molecule has 2 saturated heterocycles. The molecule has 3 aliphatic rings. The minimum absolute atomic E-state index is 0.0431. The molecule has 322 valence electrons. The molecule has 0 aromatic carbocycles. The second kappa shape index (κ2) is 18.9. The maximum absolute atomic E-state index is 14.5. The van der Waals surface area contributed by atoms with Crippen molar-refractivity contribution in [3.63, 3.8) is 0 Å². The molecular weight excluding hydrogens is 765 g/mol. The van der Waals surface area contributed by atoms with Crippen LogP contribution in [0.2, 0.25) is 0 Å². The SMILES string of the molecule is CC[C@H]1OC(=O)[C@H](C)C(=O)[C@H](C)[C@@H](O[C@@H]2O[C@H](C)C[C@H](N(C)C)[C@H]2O)[C@]2(C)CC/C(=N/OCc3ccc(-c4nc(N)ns4)cn3)CC[C@H]([C@@H](C)C(=O)[C@H](C)C2)[C@]1(C)O. The number of aliphatic hydroxyl groups excluding tert-OH is 1. The molecule has 1 saturated carbocycles. The Labute approximate surface area is 346 Å². The van der Waals surface area contributed by atoms with Crippen LogP contribution in [0.1, 0.15) is 106 Å². The number of ether oxygens (including phenoxy) is 3. The number of hydrogen-bond donors (Lipinski definition) is 3. The first-order valence-corrected chi connectivity index (χ1v) is 21.4. The number of carbonyl (C=O) groups excluding carboxylic acids is 3. The van der Waals surface area contributed by atoms with Crippen LogP contribution in [0.4, 0.5) is 5.95 Å². The van der Waals surface area contributed by atoms with E-state index in [9.17, 15) is 24.6 Å². The van der Waals surface area contributed by atoms with Gasteiger partial charge >= 0.3 is 5.97 Å². The topological polar surface area (TPSA) is 209 Å². The van der Waals surface area contributed by atoms with Crippen LogP contribution in [0.25, 0.3) is 10.6 Å². The minimum Gasteiger partial charge on any atom is -0.459 e. The summed E-state index contributed by atoms with van der Waals surface area (Å²) in [6.07, 6.45) is 0.156. The first-order chi connectivity index (χ1) is 27.3. The smallest absolute Gasteiger partial charge is 0.316 e. The number of nitrogens with zero attached hydrogens (tertiary/aromatic N) is 5. The Kier molecular flexibility index (Phi) is 14.9. The molecule has 2 aliphatic heterocycles. The fourth-order valence-corrected chi connectivity index (χ4v) is 10.0. The van der Waals surface area contributed by atoms with E-state index < -0.39 is 77.0 Å². The number of Topliss-reactive ketones (excluding diaryl/α,β-unsaturated/α-hetero) is 2. The van der Waals surface area contributed by atoms with Gasteiger partial charge in [-0.1, -0.05) is 39.8 Å². The molecule has 13 atom stereocenters. The zero-order valence-electron chi connectivity index (χ0n) is 35.7. The Hall–Kier alpha value is -3.41. The summed E-state index contributed by atoms with van der Waals surface area (Å²) in [5.41, 5.74) is 5.31. The summed E-state index contributed by atoms with van der Waals surface area (Å²) in [7, 11) is 3.78. The zero-order valence-corrected chi connectivity index (χ0v) is 36.5. The van der Waals surface area contributed by atoms with Crippen molar-refractivity contribution < 1.29 is 43.6 Å². The van der Waals surface area contributed by atoms with Crippen molar-refractivity contribution in [2.45, 2.75) is 149 Å². The van der Waals surface area contributed by atoms with Gasteiger partial charge in [-0.2, -0.15) is 9.36 Å². The highest BCUT2D eigenvalue weighted by molar-refractivity contribution is 7.09. The fraction of sp³-hybridized carbons (Fsp3) is 0.738. The van der Waals surface area contributed by atoms with Crippen LogP contribution in [0.3, 0.4) is 0 Å². The van der Waals surface area contributed by atoms with Gasteiger partial charge < -0.3 is 39.9 Å². The number of carbonyl (C=O) groups is 3. The summed E-state index contributed by atoms with van der Waals surface area (Å²) in [4.78, 5) is 59.4. The van der Waals surface area contributed by atoms with Crippen LogP contribution < -0.4 is 5.73 Å². The Morgan fingerprint density at radius 2 is 1.79 bits per heavy atom. The third-order valence-corrected chi connectivity index (χ3v) is 13.7. The molecule has 0 spiro atoms. The Morgan fingerprint density at radius 1 is 1.07 bits per heavy atom. The van der Waals surface area contributed by atoms with Crippen molar-refractivity contribution in [2.24, 2.45) is 40.2 Å². The molecule has 3 fully saturated rings. The van der Waals surface area contributed by atoms with Crippen LogP contribution in [-0.2, 0) is 40.0 Å². The Morgan fingerprint density at radius 3 is 2.41 bits per heavy atom. The van der Waals surface area contributed by atoms with Gasteiger partial charge in [0.1, 0.15) is 34.5 Å². The molecule has 0 radical (unpaired) electrons. The van der Waals surface area contributed by atoms with E-state index in [1.807, 2.05) is 65.7 Å². The van der Waals surface area contributed by atoms with Crippen LogP contribution in [0.5, 0.6) is 0 Å². The highest BCUT2D eigenvalue weighted by Gasteiger charge is 2.52. The summed E-state index contributed by atoms with van der Waals surface area (Å²) < 4.78 is 23.2. The predicted molar refractivity (Wildman–Crippen MR) is 219 cm³/mol. The van der Waals surface area contributed by atoms with Crippen molar-refractivity contribution in [3.05, 3.63) is 24.0 Å². The number of likely N-dealkylation sites (N-methyl/N-ethyl adjacent to an activating group) is 1. The zero-order chi connectivity index (χ0) is 42.7. The lowest BCUT2D eigenvalue weighted by atomic mass is 9.66. The van der Waals surface area contributed by atoms with E-state index >= 15 is 0 Å². The van der Waals surface area contributed by atoms with Gasteiger partial charge in [-0.05, 0) is 109 Å². The van der Waals surface area contributed by atoms with Crippen molar-refractivity contribution in [2.75, 3.05) is 19.8 Å². The molecule has 58 heavy (non-hydrogen) atoms. The van der Waals surface area contributed by atoms with Gasteiger partial charge in [0.2, 0.25) is 5.95 Å². The standard InChI is InChI=1S/C42H64N6O9S/c1-11-32-42(8,53)30-15-14-28(46-54-21-29-13-12-27(20-44-29)37-45-40(43)47-58-37)16-17-41(7,19-22(2)33(49)24(30)4)36(25(5)34(50)26(6)38(52)56-32)57-39-35(51)31(48(9)10)18-23(3)55-39/h12-13,20,22-26,30-32,35-36,39,51,53H,11,14-19,21H2,1-10H3,(H2,43,47)/b46-28+/t22-,23-,24-,25+,26-,30-,31+,32-,35-,36-,39+,41-,42+/m1/s1. The molecule has 2 aromatic heterocycles. The monoisotopic (exact) mass is 828 g/mol. The number of pyridine rings is 1. The van der Waals surface area contributed by atoms with Gasteiger partial charge in [0, 0.05) is 41.5 Å². The summed E-state index contributed by atoms with van der Waals surface area (Å²) >= 11 is 1.19. The lowest BCUT2D eigenvalue weighted by molar-refractivity contribution is -0.286. The predicted octanol–water partition coefficient (Wildman–Crippen LogP) is 5.22. The molecular formula is C42H64N6O9S. The average molecular weight is 829 g/mol. The van der Waals surface area contributed by atoms with Crippen LogP contribution in [-0.4, -0.2) is 109 Å². The number of aromatic nitrogens is 3. The number of oxime groups is 1.